The van der Waals surface area contributed by atoms with Crippen molar-refractivity contribution < 1.29 is 4.79 Å². The smallest absolute Gasteiger partial charge is 0.257 e. The number of carbonyl (C=O) groups excluding carboxylic acids is 1. The molecule has 1 heterocycles. The number of carbonyl (C=O) groups is 1. The van der Waals surface area contributed by atoms with E-state index in [4.69, 9.17) is 0 Å². The van der Waals surface area contributed by atoms with Crippen molar-refractivity contribution in [3.05, 3.63) is 37.7 Å². The topological polar surface area (TPSA) is 54.9 Å². The van der Waals surface area contributed by atoms with Crippen LogP contribution in [0.15, 0.2) is 27.1 Å². The van der Waals surface area contributed by atoms with E-state index in [0.717, 1.165) is 20.4 Å². The number of nitrogens with one attached hydrogen (secondary N) is 1. The Morgan fingerprint density at radius 2 is 1.90 bits per heavy atom. The molecule has 0 fully saturated rings. The van der Waals surface area contributed by atoms with E-state index in [1.54, 1.807) is 12.1 Å². The first-order valence-electron chi connectivity index (χ1n) is 6.04. The van der Waals surface area contributed by atoms with Crippen molar-refractivity contribution in [3.63, 3.8) is 0 Å². The molecule has 106 valence electrons. The maximum Gasteiger partial charge on any atom is 0.257 e. The molecule has 7 heteroatoms. The molecule has 4 nitrogen and oxygen atoms in total. The second kappa shape index (κ2) is 6.78. The third-order valence-corrected chi connectivity index (χ3v) is 4.17. The number of nitrogens with zero attached hydrogens (tertiary/aromatic N) is 2. The number of amides is 1. The van der Waals surface area contributed by atoms with Crippen LogP contribution in [0.2, 0.25) is 0 Å². The molecule has 0 saturated heterocycles. The van der Waals surface area contributed by atoms with Crippen molar-refractivity contribution in [3.8, 4) is 0 Å². The summed E-state index contributed by atoms with van der Waals surface area (Å²) in [6.07, 6.45) is 0.871. The summed E-state index contributed by atoms with van der Waals surface area (Å²) < 4.78 is 1.68. The summed E-state index contributed by atoms with van der Waals surface area (Å²) in [5.41, 5.74) is 0.562. The van der Waals surface area contributed by atoms with E-state index >= 15 is 0 Å². The van der Waals surface area contributed by atoms with Crippen LogP contribution < -0.4 is 5.32 Å². The highest BCUT2D eigenvalue weighted by atomic mass is 79.9. The normalized spacial score (nSPS) is 10.8. The summed E-state index contributed by atoms with van der Waals surface area (Å²) in [6, 6.07) is 5.40. The van der Waals surface area contributed by atoms with E-state index in [-0.39, 0.29) is 5.91 Å². The minimum atomic E-state index is -0.195. The van der Waals surface area contributed by atoms with Crippen molar-refractivity contribution in [2.45, 2.75) is 20.3 Å². The lowest BCUT2D eigenvalue weighted by molar-refractivity contribution is 0.102. The average Bonchev–Trinajstić information content (AvgIpc) is 2.74. The number of hydrogen-bond acceptors (Lipinski definition) is 4. The Hall–Kier alpha value is -0.790. The lowest BCUT2D eigenvalue weighted by Gasteiger charge is -2.03. The molecular weight excluding hydrogens is 406 g/mol. The van der Waals surface area contributed by atoms with Crippen LogP contribution in [0.25, 0.3) is 0 Å². The average molecular weight is 419 g/mol. The fourth-order valence-corrected chi connectivity index (χ4v) is 3.83. The van der Waals surface area contributed by atoms with Crippen molar-refractivity contribution in [2.24, 2.45) is 5.92 Å². The monoisotopic (exact) mass is 417 g/mol. The molecule has 1 aromatic heterocycles. The molecular formula is C13H13Br2N3OS. The third kappa shape index (κ3) is 4.36. The summed E-state index contributed by atoms with van der Waals surface area (Å²) in [5, 5.41) is 12.3. The van der Waals surface area contributed by atoms with Crippen LogP contribution in [0.5, 0.6) is 0 Å². The Morgan fingerprint density at radius 3 is 2.50 bits per heavy atom. The number of benzene rings is 1. The fraction of sp³-hybridized carbons (Fsp3) is 0.308. The van der Waals surface area contributed by atoms with E-state index in [2.05, 4.69) is 61.2 Å². The first kappa shape index (κ1) is 15.6. The minimum absolute atomic E-state index is 0.195. The zero-order chi connectivity index (χ0) is 14.7. The van der Waals surface area contributed by atoms with E-state index in [0.29, 0.717) is 16.6 Å². The van der Waals surface area contributed by atoms with Gasteiger partial charge in [0.2, 0.25) is 5.13 Å². The molecule has 0 unspecified atom stereocenters. The Bertz CT molecular complexity index is 608. The van der Waals surface area contributed by atoms with E-state index in [1.807, 2.05) is 6.07 Å². The number of halogens is 2. The van der Waals surface area contributed by atoms with Crippen LogP contribution in [0.3, 0.4) is 0 Å². The van der Waals surface area contributed by atoms with Gasteiger partial charge in [-0.2, -0.15) is 0 Å². The van der Waals surface area contributed by atoms with Crippen molar-refractivity contribution in [1.29, 1.82) is 0 Å². The van der Waals surface area contributed by atoms with Gasteiger partial charge >= 0.3 is 0 Å². The van der Waals surface area contributed by atoms with Crippen LogP contribution >= 0.6 is 43.2 Å². The number of anilines is 1. The van der Waals surface area contributed by atoms with Gasteiger partial charge in [-0.3, -0.25) is 10.1 Å². The molecule has 0 spiro atoms. The largest absolute Gasteiger partial charge is 0.296 e. The molecule has 0 atom stereocenters. The SMILES string of the molecule is CC(C)Cc1nnc(NC(=O)c2cc(Br)cc(Br)c2)s1. The Labute approximate surface area is 138 Å². The molecule has 0 radical (unpaired) electrons. The van der Waals surface area contributed by atoms with Crippen LogP contribution in [0.1, 0.15) is 29.2 Å². The summed E-state index contributed by atoms with van der Waals surface area (Å²) in [7, 11) is 0. The lowest BCUT2D eigenvalue weighted by Crippen LogP contribution is -2.11. The van der Waals surface area contributed by atoms with Crippen molar-refractivity contribution in [1.82, 2.24) is 10.2 Å². The van der Waals surface area contributed by atoms with E-state index in [1.165, 1.54) is 11.3 Å². The molecule has 0 aliphatic rings. The highest BCUT2D eigenvalue weighted by Crippen LogP contribution is 2.22. The van der Waals surface area contributed by atoms with Gasteiger partial charge in [-0.1, -0.05) is 57.0 Å². The van der Waals surface area contributed by atoms with Gasteiger partial charge in [0.05, 0.1) is 0 Å². The lowest BCUT2D eigenvalue weighted by atomic mass is 10.1. The molecule has 0 aliphatic heterocycles. The Balaban J connectivity index is 2.09. The first-order chi connectivity index (χ1) is 9.44. The van der Waals surface area contributed by atoms with Gasteiger partial charge in [0.1, 0.15) is 5.01 Å². The zero-order valence-corrected chi connectivity index (χ0v) is 15.0. The quantitative estimate of drug-likeness (QED) is 0.794. The number of aromatic nitrogens is 2. The highest BCUT2D eigenvalue weighted by Gasteiger charge is 2.12. The van der Waals surface area contributed by atoms with Crippen molar-refractivity contribution >= 4 is 54.2 Å². The summed E-state index contributed by atoms with van der Waals surface area (Å²) in [5.74, 6) is 0.326. The maximum atomic E-state index is 12.1. The molecule has 1 N–H and O–H groups in total. The Kier molecular flexibility index (Phi) is 5.29. The van der Waals surface area contributed by atoms with Crippen LogP contribution in [0.4, 0.5) is 5.13 Å². The second-order valence-corrected chi connectivity index (χ2v) is 7.60. The molecule has 0 saturated carbocycles. The predicted octanol–water partition coefficient (Wildman–Crippen LogP) is 4.51. The van der Waals surface area contributed by atoms with Gasteiger partial charge in [-0.05, 0) is 24.1 Å². The minimum Gasteiger partial charge on any atom is -0.296 e. The highest BCUT2D eigenvalue weighted by molar-refractivity contribution is 9.11. The standard InChI is InChI=1S/C13H13Br2N3OS/c1-7(2)3-11-17-18-13(20-11)16-12(19)8-4-9(14)6-10(15)5-8/h4-7H,3H2,1-2H3,(H,16,18,19). The first-order valence-corrected chi connectivity index (χ1v) is 8.44. The van der Waals surface area contributed by atoms with Gasteiger partial charge in [0, 0.05) is 20.9 Å². The fourth-order valence-electron chi connectivity index (χ4n) is 1.59. The predicted molar refractivity (Wildman–Crippen MR) is 88.2 cm³/mol. The molecule has 0 aliphatic carbocycles. The Morgan fingerprint density at radius 1 is 1.25 bits per heavy atom. The van der Waals surface area contributed by atoms with E-state index in [9.17, 15) is 4.79 Å². The van der Waals surface area contributed by atoms with Crippen molar-refractivity contribution in [2.75, 3.05) is 5.32 Å². The summed E-state index contributed by atoms with van der Waals surface area (Å²) >= 11 is 8.14. The van der Waals surface area contributed by atoms with Gasteiger partial charge in [-0.25, -0.2) is 0 Å². The summed E-state index contributed by atoms with van der Waals surface area (Å²) in [4.78, 5) is 12.1. The van der Waals surface area contributed by atoms with Crippen LogP contribution in [-0.2, 0) is 6.42 Å². The third-order valence-electron chi connectivity index (χ3n) is 2.39. The summed E-state index contributed by atoms with van der Waals surface area (Å²) in [6.45, 7) is 4.25. The van der Waals surface area contributed by atoms with E-state index < -0.39 is 0 Å². The molecule has 20 heavy (non-hydrogen) atoms. The van der Waals surface area contributed by atoms with Gasteiger partial charge in [0.15, 0.2) is 0 Å². The molecule has 1 aromatic carbocycles. The molecule has 0 bridgehead atoms. The van der Waals surface area contributed by atoms with Gasteiger partial charge < -0.3 is 0 Å². The number of rotatable bonds is 4. The van der Waals surface area contributed by atoms with Crippen LogP contribution in [0, 0.1) is 5.92 Å². The zero-order valence-electron chi connectivity index (χ0n) is 11.0. The second-order valence-electron chi connectivity index (χ2n) is 4.71. The van der Waals surface area contributed by atoms with Crippen LogP contribution in [-0.4, -0.2) is 16.1 Å². The maximum absolute atomic E-state index is 12.1. The molecule has 1 amide bonds. The van der Waals surface area contributed by atoms with Gasteiger partial charge in [-0.15, -0.1) is 10.2 Å². The number of hydrogen-bond donors (Lipinski definition) is 1. The molecule has 2 rings (SSSR count). The van der Waals surface area contributed by atoms with Gasteiger partial charge in [0.25, 0.3) is 5.91 Å². The molecule has 2 aromatic rings.